The molecule has 108 valence electrons. The molecule has 0 radical (unpaired) electrons. The molecule has 2 heterocycles. The van der Waals surface area contributed by atoms with Crippen molar-refractivity contribution in [1.29, 1.82) is 0 Å². The molecule has 7 heteroatoms. The molecule has 2 rings (SSSR count). The van der Waals surface area contributed by atoms with Crippen molar-refractivity contribution in [1.82, 2.24) is 9.88 Å². The Morgan fingerprint density at radius 2 is 2.15 bits per heavy atom. The van der Waals surface area contributed by atoms with Gasteiger partial charge in [0, 0.05) is 18.2 Å². The van der Waals surface area contributed by atoms with E-state index >= 15 is 0 Å². The molecule has 7 nitrogen and oxygen atoms in total. The number of nitrogens with zero attached hydrogens (tertiary/aromatic N) is 3. The van der Waals surface area contributed by atoms with Gasteiger partial charge in [-0.15, -0.1) is 0 Å². The summed E-state index contributed by atoms with van der Waals surface area (Å²) in [4.78, 5) is 28.7. The van der Waals surface area contributed by atoms with Crippen LogP contribution in [-0.4, -0.2) is 43.8 Å². The summed E-state index contributed by atoms with van der Waals surface area (Å²) in [6.07, 6.45) is 0.466. The number of anilines is 1. The third-order valence-corrected chi connectivity index (χ3v) is 3.22. The molecule has 20 heavy (non-hydrogen) atoms. The van der Waals surface area contributed by atoms with Crippen molar-refractivity contribution >= 4 is 17.8 Å². The van der Waals surface area contributed by atoms with Crippen LogP contribution in [0.25, 0.3) is 0 Å². The fourth-order valence-corrected chi connectivity index (χ4v) is 2.41. The van der Waals surface area contributed by atoms with Crippen LogP contribution < -0.4 is 5.06 Å². The average Bonchev–Trinajstić information content (AvgIpc) is 2.33. The van der Waals surface area contributed by atoms with Gasteiger partial charge < -0.3 is 5.11 Å². The van der Waals surface area contributed by atoms with E-state index in [4.69, 9.17) is 0 Å². The third-order valence-electron chi connectivity index (χ3n) is 3.22. The molecule has 2 amide bonds. The van der Waals surface area contributed by atoms with E-state index in [2.05, 4.69) is 4.98 Å². The maximum atomic E-state index is 12.2. The van der Waals surface area contributed by atoms with E-state index in [-0.39, 0.29) is 12.2 Å². The molecule has 1 aromatic rings. The van der Waals surface area contributed by atoms with Crippen molar-refractivity contribution in [2.24, 2.45) is 0 Å². The Balaban J connectivity index is 2.44. The van der Waals surface area contributed by atoms with E-state index in [1.54, 1.807) is 32.9 Å². The van der Waals surface area contributed by atoms with Crippen molar-refractivity contribution in [2.45, 2.75) is 38.8 Å². The number of pyridine rings is 1. The smallest absolute Gasteiger partial charge is 0.408 e. The summed E-state index contributed by atoms with van der Waals surface area (Å²) in [5.74, 6) is -0.526. The lowest BCUT2D eigenvalue weighted by Crippen LogP contribution is -2.59. The highest BCUT2D eigenvalue weighted by Crippen LogP contribution is 2.29. The van der Waals surface area contributed by atoms with Crippen LogP contribution in [0.2, 0.25) is 0 Å². The summed E-state index contributed by atoms with van der Waals surface area (Å²) in [5.41, 5.74) is -0.123. The molecule has 0 aromatic carbocycles. The quantitative estimate of drug-likeness (QED) is 0.760. The molecule has 2 N–H and O–H groups in total. The minimum atomic E-state index is -1.20. The molecule has 0 fully saturated rings. The molecule has 1 aromatic heterocycles. The number of amides is 2. The maximum absolute atomic E-state index is 12.2. The van der Waals surface area contributed by atoms with Crippen LogP contribution in [-0.2, 0) is 11.2 Å². The second kappa shape index (κ2) is 4.75. The van der Waals surface area contributed by atoms with Gasteiger partial charge in [0.25, 0.3) is 5.91 Å². The summed E-state index contributed by atoms with van der Waals surface area (Å²) in [7, 11) is 0. The number of carboxylic acid groups (broad SMARTS) is 1. The highest BCUT2D eigenvalue weighted by molar-refractivity contribution is 5.98. The van der Waals surface area contributed by atoms with Crippen molar-refractivity contribution in [2.75, 3.05) is 5.06 Å². The number of carbonyl (C=O) groups excluding carboxylic acids is 1. The Hall–Kier alpha value is -2.15. The van der Waals surface area contributed by atoms with Crippen molar-refractivity contribution < 1.29 is 19.9 Å². The first-order chi connectivity index (χ1) is 9.23. The van der Waals surface area contributed by atoms with Crippen molar-refractivity contribution in [3.63, 3.8) is 0 Å². The lowest BCUT2D eigenvalue weighted by atomic mass is 9.95. The van der Waals surface area contributed by atoms with Crippen LogP contribution in [0.3, 0.4) is 0 Å². The SMILES string of the molecule is CC(C)(C)N(C(=O)O)C1Cc2cccnc2N(O)C1=O. The van der Waals surface area contributed by atoms with Crippen molar-refractivity contribution in [3.05, 3.63) is 23.9 Å². The monoisotopic (exact) mass is 279 g/mol. The van der Waals surface area contributed by atoms with Gasteiger partial charge in [-0.05, 0) is 32.4 Å². The predicted molar refractivity (Wildman–Crippen MR) is 70.6 cm³/mol. The Labute approximate surface area is 116 Å². The van der Waals surface area contributed by atoms with Crippen LogP contribution >= 0.6 is 0 Å². The first kappa shape index (κ1) is 14.3. The maximum Gasteiger partial charge on any atom is 0.408 e. The summed E-state index contributed by atoms with van der Waals surface area (Å²) < 4.78 is 0. The van der Waals surface area contributed by atoms with Gasteiger partial charge in [0.15, 0.2) is 5.82 Å². The Morgan fingerprint density at radius 1 is 1.50 bits per heavy atom. The molecular weight excluding hydrogens is 262 g/mol. The van der Waals surface area contributed by atoms with Crippen LogP contribution in [0.5, 0.6) is 0 Å². The molecular formula is C13H17N3O4. The van der Waals surface area contributed by atoms with E-state index in [1.165, 1.54) is 6.20 Å². The molecule has 0 spiro atoms. The lowest BCUT2D eigenvalue weighted by Gasteiger charge is -2.41. The van der Waals surface area contributed by atoms with Gasteiger partial charge in [0.05, 0.1) is 0 Å². The summed E-state index contributed by atoms with van der Waals surface area (Å²) >= 11 is 0. The second-order valence-electron chi connectivity index (χ2n) is 5.68. The molecule has 1 aliphatic heterocycles. The van der Waals surface area contributed by atoms with Crippen LogP contribution in [0.1, 0.15) is 26.3 Å². The number of fused-ring (bicyclic) bond motifs is 1. The molecule has 0 saturated heterocycles. The number of aromatic nitrogens is 1. The van der Waals surface area contributed by atoms with Gasteiger partial charge in [-0.25, -0.2) is 9.78 Å². The van der Waals surface area contributed by atoms with Crippen LogP contribution in [0.15, 0.2) is 18.3 Å². The highest BCUT2D eigenvalue weighted by Gasteiger charge is 2.43. The van der Waals surface area contributed by atoms with E-state index in [0.29, 0.717) is 10.6 Å². The van der Waals surface area contributed by atoms with E-state index in [0.717, 1.165) is 4.90 Å². The summed E-state index contributed by atoms with van der Waals surface area (Å²) in [6, 6.07) is 2.43. The van der Waals surface area contributed by atoms with Gasteiger partial charge in [0.1, 0.15) is 6.04 Å². The molecule has 1 aliphatic rings. The first-order valence-electron chi connectivity index (χ1n) is 6.22. The first-order valence-corrected chi connectivity index (χ1v) is 6.22. The Bertz CT molecular complexity index is 553. The minimum absolute atomic E-state index is 0.160. The van der Waals surface area contributed by atoms with Gasteiger partial charge in [-0.2, -0.15) is 5.06 Å². The number of carbonyl (C=O) groups is 2. The fraction of sp³-hybridized carbons (Fsp3) is 0.462. The second-order valence-corrected chi connectivity index (χ2v) is 5.68. The van der Waals surface area contributed by atoms with Gasteiger partial charge in [-0.1, -0.05) is 6.07 Å². The summed E-state index contributed by atoms with van der Waals surface area (Å²) in [6.45, 7) is 5.11. The van der Waals surface area contributed by atoms with Crippen LogP contribution in [0, 0.1) is 0 Å². The van der Waals surface area contributed by atoms with Gasteiger partial charge >= 0.3 is 6.09 Å². The van der Waals surface area contributed by atoms with E-state index in [1.807, 2.05) is 0 Å². The topological polar surface area (TPSA) is 94.0 Å². The Kier molecular flexibility index (Phi) is 3.39. The van der Waals surface area contributed by atoms with E-state index in [9.17, 15) is 19.9 Å². The zero-order valence-electron chi connectivity index (χ0n) is 11.6. The predicted octanol–water partition coefficient (Wildman–Crippen LogP) is 1.51. The van der Waals surface area contributed by atoms with E-state index < -0.39 is 23.6 Å². The normalized spacial score (nSPS) is 18.7. The summed E-state index contributed by atoms with van der Waals surface area (Å²) in [5, 5.41) is 19.7. The molecule has 0 saturated carbocycles. The number of rotatable bonds is 1. The van der Waals surface area contributed by atoms with Gasteiger partial charge in [0.2, 0.25) is 0 Å². The third kappa shape index (κ3) is 2.32. The highest BCUT2D eigenvalue weighted by atomic mass is 16.5. The number of hydrogen-bond acceptors (Lipinski definition) is 4. The molecule has 0 bridgehead atoms. The lowest BCUT2D eigenvalue weighted by molar-refractivity contribution is -0.131. The molecule has 1 atom stereocenters. The van der Waals surface area contributed by atoms with Crippen molar-refractivity contribution in [3.8, 4) is 0 Å². The van der Waals surface area contributed by atoms with Crippen LogP contribution in [0.4, 0.5) is 10.6 Å². The Morgan fingerprint density at radius 3 is 2.70 bits per heavy atom. The fourth-order valence-electron chi connectivity index (χ4n) is 2.41. The molecule has 1 unspecified atom stereocenters. The largest absolute Gasteiger partial charge is 0.465 e. The minimum Gasteiger partial charge on any atom is -0.465 e. The zero-order valence-corrected chi connectivity index (χ0v) is 11.6. The zero-order chi connectivity index (χ0) is 15.1. The van der Waals surface area contributed by atoms with Gasteiger partial charge in [-0.3, -0.25) is 14.9 Å². The standard InChI is InChI=1S/C13H17N3O4/c1-13(2,3)15(12(18)19)9-7-8-5-4-6-14-10(8)16(20)11(9)17/h4-6,9,20H,7H2,1-3H3,(H,18,19). The molecule has 0 aliphatic carbocycles. The average molecular weight is 279 g/mol. The number of hydroxylamine groups is 1. The number of hydrogen-bond donors (Lipinski definition) is 2.